The Morgan fingerprint density at radius 1 is 1.06 bits per heavy atom. The molecule has 33 heavy (non-hydrogen) atoms. The summed E-state index contributed by atoms with van der Waals surface area (Å²) >= 11 is 0. The molecule has 0 atom stereocenters. The predicted octanol–water partition coefficient (Wildman–Crippen LogP) is 6.57. The lowest BCUT2D eigenvalue weighted by Crippen LogP contribution is -2.13. The van der Waals surface area contributed by atoms with Gasteiger partial charge in [-0.05, 0) is 67.3 Å². The van der Waals surface area contributed by atoms with Crippen LogP contribution in [0.25, 0.3) is 11.8 Å². The van der Waals surface area contributed by atoms with Crippen LogP contribution < -0.4 is 0 Å². The molecule has 3 rings (SSSR count). The third-order valence-corrected chi connectivity index (χ3v) is 7.01. The minimum absolute atomic E-state index is 0.0149. The van der Waals surface area contributed by atoms with Crippen molar-refractivity contribution in [2.75, 3.05) is 0 Å². The van der Waals surface area contributed by atoms with Crippen LogP contribution in [-0.2, 0) is 16.0 Å². The second-order valence-electron chi connectivity index (χ2n) is 8.06. The Kier molecular flexibility index (Phi) is 6.57. The van der Waals surface area contributed by atoms with E-state index in [9.17, 15) is 26.9 Å². The second-order valence-corrected chi connectivity index (χ2v) is 9.97. The molecule has 0 saturated carbocycles. The molecule has 0 spiro atoms. The van der Waals surface area contributed by atoms with Gasteiger partial charge in [0.15, 0.2) is 0 Å². The first-order valence-corrected chi connectivity index (χ1v) is 11.7. The van der Waals surface area contributed by atoms with Crippen molar-refractivity contribution < 1.29 is 21.6 Å². The molecule has 0 fully saturated rings. The van der Waals surface area contributed by atoms with E-state index >= 15 is 0 Å². The van der Waals surface area contributed by atoms with E-state index in [1.807, 2.05) is 13.8 Å². The Bertz CT molecular complexity index is 1380. The van der Waals surface area contributed by atoms with Gasteiger partial charge in [0.05, 0.1) is 16.1 Å². The van der Waals surface area contributed by atoms with Crippen molar-refractivity contribution in [1.82, 2.24) is 4.57 Å². The number of alkyl halides is 3. The van der Waals surface area contributed by atoms with Gasteiger partial charge in [-0.15, -0.1) is 0 Å². The lowest BCUT2D eigenvalue weighted by Gasteiger charge is -2.19. The lowest BCUT2D eigenvalue weighted by molar-refractivity contribution is -0.137. The van der Waals surface area contributed by atoms with Crippen LogP contribution in [0.15, 0.2) is 64.4 Å². The van der Waals surface area contributed by atoms with Crippen LogP contribution in [0.5, 0.6) is 0 Å². The molecule has 0 aliphatic carbocycles. The zero-order valence-electron chi connectivity index (χ0n) is 18.6. The first kappa shape index (κ1) is 24.3. The van der Waals surface area contributed by atoms with Gasteiger partial charge in [0, 0.05) is 11.4 Å². The highest BCUT2D eigenvalue weighted by Gasteiger charge is 2.34. The van der Waals surface area contributed by atoms with E-state index in [0.717, 1.165) is 11.6 Å². The highest BCUT2D eigenvalue weighted by Crippen LogP contribution is 2.37. The highest BCUT2D eigenvalue weighted by atomic mass is 32.2. The lowest BCUT2D eigenvalue weighted by atomic mass is 10.1. The minimum atomic E-state index is -4.57. The molecule has 0 radical (unpaired) electrons. The van der Waals surface area contributed by atoms with E-state index in [1.54, 1.807) is 38.1 Å². The number of aromatic nitrogens is 1. The third-order valence-electron chi connectivity index (χ3n) is 5.34. The van der Waals surface area contributed by atoms with Crippen LogP contribution in [0.4, 0.5) is 13.2 Å². The summed E-state index contributed by atoms with van der Waals surface area (Å²) < 4.78 is 68.7. The van der Waals surface area contributed by atoms with Crippen LogP contribution in [0.1, 0.15) is 47.8 Å². The Labute approximate surface area is 191 Å². The zero-order chi connectivity index (χ0) is 24.6. The molecule has 0 bridgehead atoms. The van der Waals surface area contributed by atoms with E-state index in [1.165, 1.54) is 41.0 Å². The Morgan fingerprint density at radius 2 is 1.73 bits per heavy atom. The van der Waals surface area contributed by atoms with E-state index in [2.05, 4.69) is 0 Å². The van der Waals surface area contributed by atoms with Gasteiger partial charge in [-0.2, -0.15) is 18.4 Å². The van der Waals surface area contributed by atoms with Crippen molar-refractivity contribution >= 4 is 15.9 Å². The normalized spacial score (nSPS) is 12.8. The van der Waals surface area contributed by atoms with Gasteiger partial charge in [0.2, 0.25) is 9.84 Å². The number of benzene rings is 2. The topological polar surface area (TPSA) is 62.9 Å². The van der Waals surface area contributed by atoms with Crippen LogP contribution in [0, 0.1) is 25.2 Å². The fraction of sp³-hybridized carbons (Fsp3) is 0.240. The van der Waals surface area contributed by atoms with E-state index in [4.69, 9.17) is 0 Å². The number of rotatable bonds is 5. The smallest absolute Gasteiger partial charge is 0.317 e. The molecule has 4 nitrogen and oxygen atoms in total. The SMILES string of the molecule is Cc1cccc(S(=O)(=O)/C(C#N)=C/c2cc(C(C)C)n(-c3ccccc3C(F)(F)F)c2C)c1. The molecular weight excluding hydrogens is 449 g/mol. The molecule has 0 saturated heterocycles. The number of halogens is 3. The summed E-state index contributed by atoms with van der Waals surface area (Å²) in [7, 11) is -4.10. The number of para-hydroxylation sites is 1. The first-order chi connectivity index (χ1) is 15.4. The molecule has 3 aromatic rings. The maximum absolute atomic E-state index is 13.7. The molecule has 0 aliphatic rings. The van der Waals surface area contributed by atoms with Crippen molar-refractivity contribution in [3.05, 3.63) is 87.6 Å². The highest BCUT2D eigenvalue weighted by molar-refractivity contribution is 7.95. The maximum Gasteiger partial charge on any atom is 0.418 e. The number of nitriles is 1. The van der Waals surface area contributed by atoms with Crippen LogP contribution in [-0.4, -0.2) is 13.0 Å². The molecule has 0 unspecified atom stereocenters. The number of hydrogen-bond donors (Lipinski definition) is 0. The Morgan fingerprint density at radius 3 is 2.30 bits per heavy atom. The minimum Gasteiger partial charge on any atom is -0.317 e. The first-order valence-electron chi connectivity index (χ1n) is 10.2. The number of allylic oxidation sites excluding steroid dienone is 1. The predicted molar refractivity (Wildman–Crippen MR) is 122 cm³/mol. The van der Waals surface area contributed by atoms with Gasteiger partial charge in [-0.1, -0.05) is 38.1 Å². The zero-order valence-corrected chi connectivity index (χ0v) is 19.4. The molecule has 0 N–H and O–H groups in total. The average molecular weight is 473 g/mol. The summed E-state index contributed by atoms with van der Waals surface area (Å²) in [5, 5.41) is 9.64. The quantitative estimate of drug-likeness (QED) is 0.394. The fourth-order valence-electron chi connectivity index (χ4n) is 3.67. The third kappa shape index (κ3) is 4.74. The van der Waals surface area contributed by atoms with Crippen molar-refractivity contribution in [2.24, 2.45) is 0 Å². The number of nitrogens with zero attached hydrogens (tertiary/aromatic N) is 2. The average Bonchev–Trinajstić information content (AvgIpc) is 3.07. The monoisotopic (exact) mass is 472 g/mol. The molecule has 172 valence electrons. The molecule has 8 heteroatoms. The van der Waals surface area contributed by atoms with Crippen molar-refractivity contribution in [3.63, 3.8) is 0 Å². The van der Waals surface area contributed by atoms with Gasteiger partial charge in [0.25, 0.3) is 0 Å². The molecular formula is C25H23F3N2O2S. The largest absolute Gasteiger partial charge is 0.418 e. The second kappa shape index (κ2) is 8.91. The summed E-state index contributed by atoms with van der Waals surface area (Å²) in [5.41, 5.74) is 1.22. The fourth-order valence-corrected chi connectivity index (χ4v) is 4.93. The number of sulfone groups is 1. The van der Waals surface area contributed by atoms with Crippen molar-refractivity contribution in [1.29, 1.82) is 5.26 Å². The molecule has 2 aromatic carbocycles. The Hall–Kier alpha value is -3.31. The summed E-state index contributed by atoms with van der Waals surface area (Å²) in [6.07, 6.45) is -3.34. The van der Waals surface area contributed by atoms with Gasteiger partial charge in [-0.25, -0.2) is 8.42 Å². The van der Waals surface area contributed by atoms with Gasteiger partial charge < -0.3 is 4.57 Å². The number of hydrogen-bond acceptors (Lipinski definition) is 3. The standard InChI is InChI=1S/C25H23F3N2O2S/c1-16(2)24-14-19(13-21(15-29)33(31,32)20-9-7-8-17(3)12-20)18(4)30(24)23-11-6-5-10-22(23)25(26,27)28/h5-14,16H,1-4H3/b21-13+. The van der Waals surface area contributed by atoms with Crippen LogP contribution in [0.3, 0.4) is 0 Å². The van der Waals surface area contributed by atoms with Crippen molar-refractivity contribution in [2.45, 2.75) is 44.7 Å². The van der Waals surface area contributed by atoms with E-state index in [0.29, 0.717) is 17.0 Å². The summed E-state index contributed by atoms with van der Waals surface area (Å²) in [4.78, 5) is -0.494. The Balaban J connectivity index is 2.25. The van der Waals surface area contributed by atoms with E-state index < -0.39 is 26.5 Å². The van der Waals surface area contributed by atoms with E-state index in [-0.39, 0.29) is 16.5 Å². The molecule has 0 amide bonds. The summed E-state index contributed by atoms with van der Waals surface area (Å²) in [6, 6.07) is 14.8. The maximum atomic E-state index is 13.7. The molecule has 0 aliphatic heterocycles. The van der Waals surface area contributed by atoms with Gasteiger partial charge in [-0.3, -0.25) is 0 Å². The summed E-state index contributed by atoms with van der Waals surface area (Å²) in [6.45, 7) is 7.03. The number of aryl methyl sites for hydroxylation is 1. The molecule has 1 aromatic heterocycles. The summed E-state index contributed by atoms with van der Waals surface area (Å²) in [5.74, 6) is -0.161. The van der Waals surface area contributed by atoms with Gasteiger partial charge >= 0.3 is 6.18 Å². The molecule has 1 heterocycles. The van der Waals surface area contributed by atoms with Crippen LogP contribution in [0.2, 0.25) is 0 Å². The van der Waals surface area contributed by atoms with Crippen molar-refractivity contribution in [3.8, 4) is 11.8 Å². The van der Waals surface area contributed by atoms with Gasteiger partial charge in [0.1, 0.15) is 11.0 Å². The van der Waals surface area contributed by atoms with Crippen LogP contribution >= 0.6 is 0 Å².